The Morgan fingerprint density at radius 1 is 1.50 bits per heavy atom. The molecule has 10 heavy (non-hydrogen) atoms. The molecule has 0 bridgehead atoms. The zero-order valence-electron chi connectivity index (χ0n) is 6.22. The smallest absolute Gasteiger partial charge is 0.313 e. The van der Waals surface area contributed by atoms with Crippen LogP contribution in [0.2, 0.25) is 0 Å². The Labute approximate surface area is 60.1 Å². The van der Waals surface area contributed by atoms with E-state index in [2.05, 4.69) is 10.6 Å². The number of carbonyl (C=O) groups is 1. The summed E-state index contributed by atoms with van der Waals surface area (Å²) in [6.07, 6.45) is -0.334. The highest BCUT2D eigenvalue weighted by molar-refractivity contribution is 5.71. The van der Waals surface area contributed by atoms with Gasteiger partial charge < -0.3 is 16.8 Å². The molecule has 0 aliphatic heterocycles. The summed E-state index contributed by atoms with van der Waals surface area (Å²) in [5.74, 6) is 0. The van der Waals surface area contributed by atoms with Gasteiger partial charge in [0.2, 0.25) is 0 Å². The van der Waals surface area contributed by atoms with E-state index in [1.54, 1.807) is 13.8 Å². The maximum Gasteiger partial charge on any atom is 0.313 e. The number of nitrogens with one attached hydrogen (secondary N) is 2. The van der Waals surface area contributed by atoms with Gasteiger partial charge in [0.25, 0.3) is 0 Å². The maximum absolute atomic E-state index is 10.2. The normalized spacial score (nSPS) is 15.9. The molecule has 5 nitrogen and oxygen atoms in total. The average Bonchev–Trinajstić information content (AvgIpc) is 1.58. The number of carbonyl (C=O) groups excluding carboxylic acids is 1. The predicted octanol–water partition coefficient (Wildman–Crippen LogP) is -1.10. The SMILES string of the molecule is CC(N)NC(C)NC(N)=O. The van der Waals surface area contributed by atoms with Gasteiger partial charge in [-0.05, 0) is 13.8 Å². The summed E-state index contributed by atoms with van der Waals surface area (Å²) >= 11 is 0. The van der Waals surface area contributed by atoms with Crippen molar-refractivity contribution in [2.24, 2.45) is 11.5 Å². The molecule has 6 N–H and O–H groups in total. The Kier molecular flexibility index (Phi) is 3.75. The Balaban J connectivity index is 3.43. The van der Waals surface area contributed by atoms with Crippen LogP contribution in [-0.4, -0.2) is 18.4 Å². The van der Waals surface area contributed by atoms with E-state index < -0.39 is 6.03 Å². The van der Waals surface area contributed by atoms with Crippen LogP contribution in [0.4, 0.5) is 4.79 Å². The van der Waals surface area contributed by atoms with Gasteiger partial charge in [-0.15, -0.1) is 0 Å². The molecule has 0 aliphatic carbocycles. The lowest BCUT2D eigenvalue weighted by molar-refractivity contribution is 0.242. The molecular weight excluding hydrogens is 132 g/mol. The number of nitrogens with two attached hydrogens (primary N) is 2. The topological polar surface area (TPSA) is 93.2 Å². The minimum atomic E-state index is -0.555. The van der Waals surface area contributed by atoms with E-state index in [1.165, 1.54) is 0 Å². The highest BCUT2D eigenvalue weighted by Gasteiger charge is 2.02. The van der Waals surface area contributed by atoms with Gasteiger partial charge in [-0.2, -0.15) is 0 Å². The highest BCUT2D eigenvalue weighted by Crippen LogP contribution is 1.74. The Hall–Kier alpha value is -0.810. The van der Waals surface area contributed by atoms with Gasteiger partial charge in [0.1, 0.15) is 0 Å². The molecular formula is C5H14N4O. The number of amides is 2. The van der Waals surface area contributed by atoms with Crippen LogP contribution in [0.3, 0.4) is 0 Å². The third kappa shape index (κ3) is 5.33. The van der Waals surface area contributed by atoms with E-state index in [9.17, 15) is 4.79 Å². The van der Waals surface area contributed by atoms with E-state index in [0.29, 0.717) is 0 Å². The van der Waals surface area contributed by atoms with E-state index in [1.807, 2.05) is 0 Å². The van der Waals surface area contributed by atoms with Crippen LogP contribution in [-0.2, 0) is 0 Å². The molecule has 2 atom stereocenters. The molecule has 5 heteroatoms. The Morgan fingerprint density at radius 2 is 2.00 bits per heavy atom. The number of hydrogen-bond acceptors (Lipinski definition) is 3. The Bertz CT molecular complexity index is 114. The molecule has 0 radical (unpaired) electrons. The monoisotopic (exact) mass is 146 g/mol. The van der Waals surface area contributed by atoms with Crippen LogP contribution < -0.4 is 22.1 Å². The largest absolute Gasteiger partial charge is 0.352 e. The molecule has 0 aliphatic rings. The van der Waals surface area contributed by atoms with Crippen LogP contribution in [0.15, 0.2) is 0 Å². The van der Waals surface area contributed by atoms with E-state index in [0.717, 1.165) is 0 Å². The summed E-state index contributed by atoms with van der Waals surface area (Å²) in [5.41, 5.74) is 10.2. The van der Waals surface area contributed by atoms with Crippen LogP contribution >= 0.6 is 0 Å². The van der Waals surface area contributed by atoms with Crippen molar-refractivity contribution >= 4 is 6.03 Å². The van der Waals surface area contributed by atoms with E-state index in [-0.39, 0.29) is 12.3 Å². The average molecular weight is 146 g/mol. The molecule has 0 aromatic rings. The molecule has 0 aromatic heterocycles. The third-order valence-corrected chi connectivity index (χ3v) is 0.872. The van der Waals surface area contributed by atoms with E-state index in [4.69, 9.17) is 11.5 Å². The van der Waals surface area contributed by atoms with Crippen molar-refractivity contribution < 1.29 is 4.79 Å². The fourth-order valence-corrected chi connectivity index (χ4v) is 0.649. The van der Waals surface area contributed by atoms with Gasteiger partial charge in [0.15, 0.2) is 0 Å². The number of urea groups is 1. The standard InChI is InChI=1S/C5H14N4O/c1-3(6)8-4(2)9-5(7)10/h3-4,8H,6H2,1-2H3,(H3,7,9,10). The second-order valence-corrected chi connectivity index (χ2v) is 2.19. The first-order chi connectivity index (χ1) is 4.52. The van der Waals surface area contributed by atoms with Crippen LogP contribution in [0.5, 0.6) is 0 Å². The van der Waals surface area contributed by atoms with Crippen molar-refractivity contribution in [1.29, 1.82) is 0 Å². The van der Waals surface area contributed by atoms with Crippen molar-refractivity contribution in [3.8, 4) is 0 Å². The summed E-state index contributed by atoms with van der Waals surface area (Å²) in [4.78, 5) is 10.2. The van der Waals surface area contributed by atoms with Gasteiger partial charge in [-0.1, -0.05) is 0 Å². The molecule has 0 spiro atoms. The third-order valence-electron chi connectivity index (χ3n) is 0.872. The first-order valence-corrected chi connectivity index (χ1v) is 3.10. The lowest BCUT2D eigenvalue weighted by Crippen LogP contribution is -2.51. The fourth-order valence-electron chi connectivity index (χ4n) is 0.649. The summed E-state index contributed by atoms with van der Waals surface area (Å²) < 4.78 is 0. The number of primary amides is 1. The fraction of sp³-hybridized carbons (Fsp3) is 0.800. The van der Waals surface area contributed by atoms with Crippen molar-refractivity contribution in [2.75, 3.05) is 0 Å². The first kappa shape index (κ1) is 9.19. The molecule has 2 unspecified atom stereocenters. The molecule has 0 fully saturated rings. The molecule has 60 valence electrons. The molecule has 2 amide bonds. The van der Waals surface area contributed by atoms with E-state index >= 15 is 0 Å². The van der Waals surface area contributed by atoms with Gasteiger partial charge in [0.05, 0.1) is 12.3 Å². The second-order valence-electron chi connectivity index (χ2n) is 2.19. The van der Waals surface area contributed by atoms with Crippen LogP contribution in [0.25, 0.3) is 0 Å². The van der Waals surface area contributed by atoms with Crippen molar-refractivity contribution in [1.82, 2.24) is 10.6 Å². The maximum atomic E-state index is 10.2. The zero-order chi connectivity index (χ0) is 8.15. The van der Waals surface area contributed by atoms with Crippen molar-refractivity contribution in [2.45, 2.75) is 26.2 Å². The predicted molar refractivity (Wildman–Crippen MR) is 39.0 cm³/mol. The minimum Gasteiger partial charge on any atom is -0.352 e. The number of hydrogen-bond donors (Lipinski definition) is 4. The Morgan fingerprint density at radius 3 is 2.30 bits per heavy atom. The van der Waals surface area contributed by atoms with Gasteiger partial charge >= 0.3 is 6.03 Å². The van der Waals surface area contributed by atoms with Gasteiger partial charge in [0, 0.05) is 0 Å². The highest BCUT2D eigenvalue weighted by atomic mass is 16.2. The van der Waals surface area contributed by atoms with Crippen LogP contribution in [0, 0.1) is 0 Å². The van der Waals surface area contributed by atoms with Gasteiger partial charge in [-0.3, -0.25) is 5.32 Å². The lowest BCUT2D eigenvalue weighted by atomic mass is 10.5. The van der Waals surface area contributed by atoms with Crippen LogP contribution in [0.1, 0.15) is 13.8 Å². The summed E-state index contributed by atoms with van der Waals surface area (Å²) in [6, 6.07) is -0.555. The quantitative estimate of drug-likeness (QED) is 0.380. The van der Waals surface area contributed by atoms with Crippen molar-refractivity contribution in [3.63, 3.8) is 0 Å². The van der Waals surface area contributed by atoms with Crippen molar-refractivity contribution in [3.05, 3.63) is 0 Å². The summed E-state index contributed by atoms with van der Waals surface area (Å²) in [6.45, 7) is 3.54. The molecule has 0 saturated heterocycles. The lowest BCUT2D eigenvalue weighted by Gasteiger charge is -2.16. The zero-order valence-corrected chi connectivity index (χ0v) is 6.22. The molecule has 0 heterocycles. The van der Waals surface area contributed by atoms with Gasteiger partial charge in [-0.25, -0.2) is 4.79 Å². The molecule has 0 saturated carbocycles. The first-order valence-electron chi connectivity index (χ1n) is 3.10. The molecule has 0 aromatic carbocycles. The summed E-state index contributed by atoms with van der Waals surface area (Å²) in [7, 11) is 0. The molecule has 0 rings (SSSR count). The minimum absolute atomic E-state index is 0.151. The number of rotatable bonds is 3. The summed E-state index contributed by atoms with van der Waals surface area (Å²) in [5, 5.41) is 5.26. The second kappa shape index (κ2) is 4.08.